The van der Waals surface area contributed by atoms with Crippen molar-refractivity contribution in [1.29, 1.82) is 0 Å². The minimum Gasteiger partial charge on any atom is -0.463 e. The fraction of sp³-hybridized carbons (Fsp3) is 0.105. The first-order valence-electron chi connectivity index (χ1n) is 8.14. The summed E-state index contributed by atoms with van der Waals surface area (Å²) in [5.74, 6) is -1.44. The smallest absolute Gasteiger partial charge is 0.330 e. The Morgan fingerprint density at radius 2 is 1.96 bits per heavy atom. The average molecular weight is 385 g/mol. The molecule has 0 bridgehead atoms. The number of hydrogen-bond donors (Lipinski definition) is 3. The highest BCUT2D eigenvalue weighted by Crippen LogP contribution is 2.20. The van der Waals surface area contributed by atoms with Crippen molar-refractivity contribution in [3.8, 4) is 0 Å². The molecule has 138 valence electrons. The van der Waals surface area contributed by atoms with Crippen LogP contribution in [-0.4, -0.2) is 28.5 Å². The van der Waals surface area contributed by atoms with E-state index in [1.807, 2.05) is 0 Å². The normalized spacial score (nSPS) is 11.0. The van der Waals surface area contributed by atoms with Gasteiger partial charge in [-0.3, -0.25) is 4.79 Å². The average Bonchev–Trinajstić information content (AvgIpc) is 3.00. The SMILES string of the molecule is CCOC(=O)/C=C/c1ccc(NC(=O)c2cc(F)cc3[nH]c(=S)[nH]c23)cc1. The van der Waals surface area contributed by atoms with Gasteiger partial charge in [0.1, 0.15) is 5.82 Å². The van der Waals surface area contributed by atoms with Gasteiger partial charge in [-0.2, -0.15) is 0 Å². The molecule has 0 saturated carbocycles. The van der Waals surface area contributed by atoms with Gasteiger partial charge in [-0.25, -0.2) is 9.18 Å². The van der Waals surface area contributed by atoms with E-state index in [9.17, 15) is 14.0 Å². The number of benzene rings is 2. The molecule has 3 aromatic rings. The number of nitrogens with one attached hydrogen (secondary N) is 3. The highest BCUT2D eigenvalue weighted by Gasteiger charge is 2.14. The van der Waals surface area contributed by atoms with E-state index in [2.05, 4.69) is 15.3 Å². The predicted octanol–water partition coefficient (Wildman–Crippen LogP) is 4.19. The summed E-state index contributed by atoms with van der Waals surface area (Å²) in [5, 5.41) is 2.71. The van der Waals surface area contributed by atoms with Gasteiger partial charge in [0.25, 0.3) is 5.91 Å². The highest BCUT2D eigenvalue weighted by atomic mass is 32.1. The van der Waals surface area contributed by atoms with Crippen molar-refractivity contribution in [1.82, 2.24) is 9.97 Å². The minimum atomic E-state index is -0.544. The highest BCUT2D eigenvalue weighted by molar-refractivity contribution is 7.71. The predicted molar refractivity (Wildman–Crippen MR) is 104 cm³/mol. The number of rotatable bonds is 5. The Kier molecular flexibility index (Phi) is 5.46. The number of aromatic amines is 2. The van der Waals surface area contributed by atoms with E-state index < -0.39 is 17.7 Å². The van der Waals surface area contributed by atoms with E-state index in [4.69, 9.17) is 17.0 Å². The molecule has 0 aliphatic heterocycles. The van der Waals surface area contributed by atoms with Gasteiger partial charge in [0.2, 0.25) is 0 Å². The molecule has 1 aromatic heterocycles. The summed E-state index contributed by atoms with van der Waals surface area (Å²) >= 11 is 5.00. The van der Waals surface area contributed by atoms with E-state index in [0.29, 0.717) is 28.1 Å². The van der Waals surface area contributed by atoms with Crippen molar-refractivity contribution in [2.75, 3.05) is 11.9 Å². The van der Waals surface area contributed by atoms with E-state index >= 15 is 0 Å². The van der Waals surface area contributed by atoms with E-state index in [-0.39, 0.29) is 5.56 Å². The van der Waals surface area contributed by atoms with Crippen molar-refractivity contribution in [3.63, 3.8) is 0 Å². The van der Waals surface area contributed by atoms with Crippen molar-refractivity contribution in [3.05, 3.63) is 64.2 Å². The van der Waals surface area contributed by atoms with Crippen LogP contribution < -0.4 is 5.32 Å². The van der Waals surface area contributed by atoms with Crippen LogP contribution in [0.15, 0.2) is 42.5 Å². The Morgan fingerprint density at radius 1 is 1.22 bits per heavy atom. The van der Waals surface area contributed by atoms with Gasteiger partial charge in [0, 0.05) is 11.8 Å². The van der Waals surface area contributed by atoms with Gasteiger partial charge < -0.3 is 20.0 Å². The largest absolute Gasteiger partial charge is 0.463 e. The molecule has 0 spiro atoms. The first-order valence-corrected chi connectivity index (χ1v) is 8.55. The summed E-state index contributed by atoms with van der Waals surface area (Å²) in [4.78, 5) is 29.5. The van der Waals surface area contributed by atoms with Crippen LogP contribution in [0.1, 0.15) is 22.8 Å². The molecular weight excluding hydrogens is 369 g/mol. The van der Waals surface area contributed by atoms with Gasteiger partial charge in [-0.15, -0.1) is 0 Å². The summed E-state index contributed by atoms with van der Waals surface area (Å²) in [6.07, 6.45) is 2.94. The van der Waals surface area contributed by atoms with Gasteiger partial charge in [-0.1, -0.05) is 12.1 Å². The Balaban J connectivity index is 1.77. The summed E-state index contributed by atoms with van der Waals surface area (Å²) < 4.78 is 18.9. The molecule has 3 rings (SSSR count). The Morgan fingerprint density at radius 3 is 2.67 bits per heavy atom. The van der Waals surface area contributed by atoms with E-state index in [0.717, 1.165) is 11.6 Å². The molecule has 3 N–H and O–H groups in total. The standard InChI is InChI=1S/C19H16FN3O3S/c1-2-26-16(24)8-5-11-3-6-13(7-4-11)21-18(25)14-9-12(20)10-15-17(14)23-19(27)22-15/h3-10H,2H2,1H3,(H,21,25)(H2,22,23,27)/b8-5+. The third-order valence-electron chi connectivity index (χ3n) is 3.70. The van der Waals surface area contributed by atoms with Crippen LogP contribution in [-0.2, 0) is 9.53 Å². The second kappa shape index (κ2) is 7.96. The molecule has 0 aliphatic carbocycles. The summed E-state index contributed by atoms with van der Waals surface area (Å²) in [6.45, 7) is 2.04. The molecule has 0 fully saturated rings. The molecule has 1 amide bonds. The monoisotopic (exact) mass is 385 g/mol. The molecule has 2 aromatic carbocycles. The zero-order chi connectivity index (χ0) is 19.4. The maximum atomic E-state index is 13.8. The maximum absolute atomic E-state index is 13.8. The first kappa shape index (κ1) is 18.5. The molecule has 0 atom stereocenters. The Hall–Kier alpha value is -3.26. The summed E-state index contributed by atoms with van der Waals surface area (Å²) in [7, 11) is 0. The summed E-state index contributed by atoms with van der Waals surface area (Å²) in [6, 6.07) is 9.24. The number of anilines is 1. The molecule has 1 heterocycles. The van der Waals surface area contributed by atoms with E-state index in [1.165, 1.54) is 12.1 Å². The Labute approximate surface area is 159 Å². The number of halogens is 1. The molecule has 0 unspecified atom stereocenters. The third-order valence-corrected chi connectivity index (χ3v) is 3.91. The van der Waals surface area contributed by atoms with Crippen LogP contribution in [0.25, 0.3) is 17.1 Å². The molecule has 27 heavy (non-hydrogen) atoms. The van der Waals surface area contributed by atoms with Crippen molar-refractivity contribution in [2.24, 2.45) is 0 Å². The van der Waals surface area contributed by atoms with Crippen LogP contribution in [0, 0.1) is 10.6 Å². The lowest BCUT2D eigenvalue weighted by molar-refractivity contribution is -0.137. The molecule has 0 saturated heterocycles. The summed E-state index contributed by atoms with van der Waals surface area (Å²) in [5.41, 5.74) is 2.30. The maximum Gasteiger partial charge on any atom is 0.330 e. The lowest BCUT2D eigenvalue weighted by Crippen LogP contribution is -2.12. The fourth-order valence-corrected chi connectivity index (χ4v) is 2.73. The van der Waals surface area contributed by atoms with Crippen LogP contribution in [0.3, 0.4) is 0 Å². The topological polar surface area (TPSA) is 87.0 Å². The van der Waals surface area contributed by atoms with E-state index in [1.54, 1.807) is 37.3 Å². The zero-order valence-corrected chi connectivity index (χ0v) is 15.2. The number of carbonyl (C=O) groups is 2. The number of ether oxygens (including phenoxy) is 1. The Bertz CT molecular complexity index is 1080. The number of esters is 1. The van der Waals surface area contributed by atoms with Gasteiger partial charge in [0.05, 0.1) is 23.2 Å². The number of amides is 1. The zero-order valence-electron chi connectivity index (χ0n) is 14.3. The second-order valence-corrected chi connectivity index (χ2v) is 6.02. The van der Waals surface area contributed by atoms with Crippen molar-refractivity contribution in [2.45, 2.75) is 6.92 Å². The first-order chi connectivity index (χ1) is 13.0. The lowest BCUT2D eigenvalue weighted by atomic mass is 10.1. The quantitative estimate of drug-likeness (QED) is 0.349. The number of hydrogen-bond acceptors (Lipinski definition) is 4. The van der Waals surface area contributed by atoms with Gasteiger partial charge in [0.15, 0.2) is 4.77 Å². The number of carbonyl (C=O) groups excluding carboxylic acids is 2. The number of imidazole rings is 1. The molecule has 8 heteroatoms. The minimum absolute atomic E-state index is 0.142. The number of H-pyrrole nitrogens is 2. The van der Waals surface area contributed by atoms with Crippen LogP contribution >= 0.6 is 12.2 Å². The lowest BCUT2D eigenvalue weighted by Gasteiger charge is -2.07. The van der Waals surface area contributed by atoms with Crippen molar-refractivity contribution >= 4 is 46.9 Å². The molecular formula is C19H16FN3O3S. The fourth-order valence-electron chi connectivity index (χ4n) is 2.52. The molecule has 0 radical (unpaired) electrons. The van der Waals surface area contributed by atoms with Crippen molar-refractivity contribution < 1.29 is 18.7 Å². The van der Waals surface area contributed by atoms with Gasteiger partial charge in [-0.05, 0) is 55.0 Å². The molecule has 6 nitrogen and oxygen atoms in total. The molecule has 0 aliphatic rings. The van der Waals surface area contributed by atoms with Crippen LogP contribution in [0.5, 0.6) is 0 Å². The second-order valence-electron chi connectivity index (χ2n) is 5.62. The third kappa shape index (κ3) is 4.48. The van der Waals surface area contributed by atoms with Gasteiger partial charge >= 0.3 is 5.97 Å². The number of fused-ring (bicyclic) bond motifs is 1. The van der Waals surface area contributed by atoms with Crippen LogP contribution in [0.4, 0.5) is 10.1 Å². The van der Waals surface area contributed by atoms with Crippen LogP contribution in [0.2, 0.25) is 0 Å². The number of aromatic nitrogens is 2.